The lowest BCUT2D eigenvalue weighted by Crippen LogP contribution is -2.32. The second-order valence-electron chi connectivity index (χ2n) is 7.03. The third-order valence-corrected chi connectivity index (χ3v) is 3.56. The van der Waals surface area contributed by atoms with E-state index in [-0.39, 0.29) is 6.09 Å². The Morgan fingerprint density at radius 1 is 1.04 bits per heavy atom. The number of hydrogen-bond donors (Lipinski definition) is 1. The molecule has 136 valence electrons. The van der Waals surface area contributed by atoms with E-state index in [1.165, 1.54) is 0 Å². The van der Waals surface area contributed by atoms with E-state index in [4.69, 9.17) is 9.47 Å². The quantitative estimate of drug-likeness (QED) is 0.705. The van der Waals surface area contributed by atoms with Gasteiger partial charge in [0.1, 0.15) is 5.60 Å². The first kappa shape index (κ1) is 19.0. The number of carbonyl (C=O) groups is 1. The lowest BCUT2D eigenvalue weighted by atomic mass is 10.2. The smallest absolute Gasteiger partial charge is 0.407 e. The van der Waals surface area contributed by atoms with Crippen molar-refractivity contribution in [3.8, 4) is 5.88 Å². The highest BCUT2D eigenvalue weighted by Crippen LogP contribution is 2.16. The molecule has 5 heteroatoms. The van der Waals surface area contributed by atoms with Crippen molar-refractivity contribution < 1.29 is 14.3 Å². The topological polar surface area (TPSA) is 60.5 Å². The molecule has 1 amide bonds. The van der Waals surface area contributed by atoms with Crippen LogP contribution in [0.15, 0.2) is 36.4 Å². The summed E-state index contributed by atoms with van der Waals surface area (Å²) in [4.78, 5) is 16.0. The second-order valence-corrected chi connectivity index (χ2v) is 7.03. The molecule has 0 radical (unpaired) electrons. The van der Waals surface area contributed by atoms with Crippen LogP contribution in [-0.2, 0) is 4.74 Å². The molecule has 1 N–H and O–H groups in total. The zero-order valence-electron chi connectivity index (χ0n) is 15.4. The largest absolute Gasteiger partial charge is 0.478 e. The molecule has 0 bridgehead atoms. The van der Waals surface area contributed by atoms with Gasteiger partial charge < -0.3 is 14.8 Å². The van der Waals surface area contributed by atoms with Gasteiger partial charge in [-0.3, -0.25) is 0 Å². The molecule has 1 heterocycles. The van der Waals surface area contributed by atoms with Gasteiger partial charge in [0.2, 0.25) is 5.88 Å². The average Bonchev–Trinajstić information content (AvgIpc) is 2.55. The van der Waals surface area contributed by atoms with E-state index in [1.54, 1.807) is 0 Å². The van der Waals surface area contributed by atoms with Crippen molar-refractivity contribution in [2.45, 2.75) is 52.1 Å². The molecule has 2 rings (SSSR count). The maximum absolute atomic E-state index is 11.5. The molecule has 25 heavy (non-hydrogen) atoms. The van der Waals surface area contributed by atoms with E-state index in [2.05, 4.69) is 10.3 Å². The number of nitrogens with zero attached hydrogens (tertiary/aromatic N) is 1. The average molecular weight is 344 g/mol. The molecule has 0 saturated heterocycles. The van der Waals surface area contributed by atoms with Crippen LogP contribution in [0.4, 0.5) is 4.79 Å². The van der Waals surface area contributed by atoms with Gasteiger partial charge in [0.05, 0.1) is 12.1 Å². The lowest BCUT2D eigenvalue weighted by Gasteiger charge is -2.19. The Labute approximate surface area is 149 Å². The molecule has 2 aromatic rings. The Kier molecular flexibility index (Phi) is 7.04. The van der Waals surface area contributed by atoms with Crippen LogP contribution in [0.5, 0.6) is 5.88 Å². The molecule has 0 saturated carbocycles. The van der Waals surface area contributed by atoms with Crippen LogP contribution in [0.3, 0.4) is 0 Å². The minimum Gasteiger partial charge on any atom is -0.478 e. The molecule has 0 aliphatic rings. The highest BCUT2D eigenvalue weighted by atomic mass is 16.6. The van der Waals surface area contributed by atoms with E-state index in [0.717, 1.165) is 36.6 Å². The number of aromatic nitrogens is 1. The van der Waals surface area contributed by atoms with Gasteiger partial charge in [0, 0.05) is 18.0 Å². The fourth-order valence-electron chi connectivity index (χ4n) is 2.39. The highest BCUT2D eigenvalue weighted by molar-refractivity contribution is 5.78. The van der Waals surface area contributed by atoms with Gasteiger partial charge in [-0.15, -0.1) is 0 Å². The summed E-state index contributed by atoms with van der Waals surface area (Å²) in [6, 6.07) is 11.9. The number of hydrogen-bond acceptors (Lipinski definition) is 4. The molecular formula is C20H28N2O3. The third kappa shape index (κ3) is 7.42. The number of unbranched alkanes of at least 4 members (excludes halogenated alkanes) is 3. The minimum atomic E-state index is -0.446. The van der Waals surface area contributed by atoms with Gasteiger partial charge in [-0.1, -0.05) is 31.0 Å². The summed E-state index contributed by atoms with van der Waals surface area (Å²) in [5, 5.41) is 3.89. The maximum Gasteiger partial charge on any atom is 0.407 e. The van der Waals surface area contributed by atoms with E-state index in [0.29, 0.717) is 19.0 Å². The Balaban J connectivity index is 1.54. The number of alkyl carbamates (subject to hydrolysis) is 1. The molecule has 0 fully saturated rings. The molecule has 0 spiro atoms. The predicted octanol–water partition coefficient (Wildman–Crippen LogP) is 4.70. The van der Waals surface area contributed by atoms with Crippen LogP contribution in [-0.4, -0.2) is 29.8 Å². The van der Waals surface area contributed by atoms with Crippen LogP contribution in [0.2, 0.25) is 0 Å². The minimum absolute atomic E-state index is 0.349. The number of rotatable bonds is 8. The number of carbonyl (C=O) groups excluding carboxylic acids is 1. The van der Waals surface area contributed by atoms with Crippen LogP contribution in [0, 0.1) is 0 Å². The Bertz CT molecular complexity index is 680. The Morgan fingerprint density at radius 3 is 2.60 bits per heavy atom. The van der Waals surface area contributed by atoms with Crippen molar-refractivity contribution in [3.63, 3.8) is 0 Å². The van der Waals surface area contributed by atoms with Crippen molar-refractivity contribution in [2.24, 2.45) is 0 Å². The molecule has 0 unspecified atom stereocenters. The summed E-state index contributed by atoms with van der Waals surface area (Å²) < 4.78 is 10.9. The summed E-state index contributed by atoms with van der Waals surface area (Å²) in [7, 11) is 0. The number of para-hydroxylation sites is 1. The van der Waals surface area contributed by atoms with E-state index in [1.807, 2.05) is 57.2 Å². The highest BCUT2D eigenvalue weighted by Gasteiger charge is 2.15. The maximum atomic E-state index is 11.5. The van der Waals surface area contributed by atoms with E-state index < -0.39 is 5.60 Å². The van der Waals surface area contributed by atoms with Crippen molar-refractivity contribution in [3.05, 3.63) is 36.4 Å². The zero-order valence-corrected chi connectivity index (χ0v) is 15.4. The second kappa shape index (κ2) is 9.25. The van der Waals surface area contributed by atoms with Gasteiger partial charge in [-0.05, 0) is 45.7 Å². The molecular weight excluding hydrogens is 316 g/mol. The zero-order chi connectivity index (χ0) is 18.1. The van der Waals surface area contributed by atoms with Crippen molar-refractivity contribution >= 4 is 17.0 Å². The first-order valence-corrected chi connectivity index (χ1v) is 8.89. The van der Waals surface area contributed by atoms with Crippen LogP contribution in [0.1, 0.15) is 46.5 Å². The van der Waals surface area contributed by atoms with Gasteiger partial charge in [-0.25, -0.2) is 9.78 Å². The predicted molar refractivity (Wildman–Crippen MR) is 99.9 cm³/mol. The summed E-state index contributed by atoms with van der Waals surface area (Å²) in [6.45, 7) is 6.87. The molecule has 5 nitrogen and oxygen atoms in total. The van der Waals surface area contributed by atoms with Crippen LogP contribution < -0.4 is 10.1 Å². The molecule has 0 atom stereocenters. The molecule has 0 aliphatic heterocycles. The molecule has 1 aromatic heterocycles. The van der Waals surface area contributed by atoms with E-state index in [9.17, 15) is 4.79 Å². The fourth-order valence-corrected chi connectivity index (χ4v) is 2.39. The van der Waals surface area contributed by atoms with Crippen molar-refractivity contribution in [1.29, 1.82) is 0 Å². The van der Waals surface area contributed by atoms with Gasteiger partial charge in [-0.2, -0.15) is 0 Å². The van der Waals surface area contributed by atoms with Crippen molar-refractivity contribution in [1.82, 2.24) is 10.3 Å². The van der Waals surface area contributed by atoms with Crippen LogP contribution in [0.25, 0.3) is 10.9 Å². The lowest BCUT2D eigenvalue weighted by molar-refractivity contribution is 0.0527. The Morgan fingerprint density at radius 2 is 1.80 bits per heavy atom. The number of amides is 1. The number of nitrogens with one attached hydrogen (secondary N) is 1. The normalized spacial score (nSPS) is 11.3. The standard InChI is InChI=1S/C20H28N2O3/c1-20(2,3)25-19(23)21-14-8-4-5-9-15-24-18-13-12-16-10-6-7-11-17(16)22-18/h6-7,10-13H,4-5,8-9,14-15H2,1-3H3,(H,21,23). The summed E-state index contributed by atoms with van der Waals surface area (Å²) in [5.74, 6) is 0.672. The molecule has 1 aromatic carbocycles. The number of benzene rings is 1. The van der Waals surface area contributed by atoms with Gasteiger partial charge in [0.15, 0.2) is 0 Å². The number of fused-ring (bicyclic) bond motifs is 1. The first-order valence-electron chi connectivity index (χ1n) is 8.89. The SMILES string of the molecule is CC(C)(C)OC(=O)NCCCCCCOc1ccc2ccccc2n1. The monoisotopic (exact) mass is 344 g/mol. The number of ether oxygens (including phenoxy) is 2. The van der Waals surface area contributed by atoms with Gasteiger partial charge >= 0.3 is 6.09 Å². The molecule has 0 aliphatic carbocycles. The Hall–Kier alpha value is -2.30. The van der Waals surface area contributed by atoms with Gasteiger partial charge in [0.25, 0.3) is 0 Å². The third-order valence-electron chi connectivity index (χ3n) is 3.56. The summed E-state index contributed by atoms with van der Waals surface area (Å²) in [5.41, 5.74) is 0.506. The summed E-state index contributed by atoms with van der Waals surface area (Å²) >= 11 is 0. The number of pyridine rings is 1. The summed E-state index contributed by atoms with van der Waals surface area (Å²) in [6.07, 6.45) is 3.67. The van der Waals surface area contributed by atoms with E-state index >= 15 is 0 Å². The fraction of sp³-hybridized carbons (Fsp3) is 0.500. The van der Waals surface area contributed by atoms with Crippen molar-refractivity contribution in [2.75, 3.05) is 13.2 Å². The van der Waals surface area contributed by atoms with Crippen LogP contribution >= 0.6 is 0 Å². The first-order chi connectivity index (χ1) is 11.9.